The highest BCUT2D eigenvalue weighted by molar-refractivity contribution is 7.21. The van der Waals surface area contributed by atoms with Crippen LogP contribution in [0, 0.1) is 5.82 Å². The minimum atomic E-state index is -0.558. The molecule has 0 N–H and O–H groups in total. The number of aromatic nitrogens is 2. The van der Waals surface area contributed by atoms with Gasteiger partial charge in [-0.2, -0.15) is 0 Å². The third-order valence-electron chi connectivity index (χ3n) is 5.75. The number of nitrogens with zero attached hydrogens (tertiary/aromatic N) is 2. The van der Waals surface area contributed by atoms with E-state index in [-0.39, 0.29) is 11.0 Å². The summed E-state index contributed by atoms with van der Waals surface area (Å²) < 4.78 is 19.5. The number of hydrogen-bond acceptors (Lipinski definition) is 6. The number of rotatable bonds is 6. The lowest BCUT2D eigenvalue weighted by Gasteiger charge is -2.14. The Labute approximate surface area is 187 Å². The van der Waals surface area contributed by atoms with Gasteiger partial charge in [0.2, 0.25) is 0 Å². The molecule has 5 nitrogen and oxygen atoms in total. The smallest absolute Gasteiger partial charge is 0.303 e. The van der Waals surface area contributed by atoms with E-state index in [0.29, 0.717) is 16.1 Å². The van der Waals surface area contributed by atoms with Crippen molar-refractivity contribution in [3.05, 3.63) is 83.3 Å². The van der Waals surface area contributed by atoms with Crippen molar-refractivity contribution in [1.29, 1.82) is 0 Å². The van der Waals surface area contributed by atoms with Crippen molar-refractivity contribution < 1.29 is 18.7 Å². The molecule has 2 aromatic heterocycles. The standard InChI is InChI=1S/C25H19FN2O3S/c1-15(29)31-14-21(30)16-7-8-18(19(26)13-16)23-27-20-9-10-22(28-24(20)32-23)25(11-12-25)17-5-3-2-4-6-17/h2-10,13H,11-12,14H2,1H3. The van der Waals surface area contributed by atoms with Gasteiger partial charge in [-0.05, 0) is 42.7 Å². The Morgan fingerprint density at radius 2 is 1.84 bits per heavy atom. The number of fused-ring (bicyclic) bond motifs is 1. The van der Waals surface area contributed by atoms with Crippen LogP contribution in [0.4, 0.5) is 4.39 Å². The number of halogens is 1. The quantitative estimate of drug-likeness (QED) is 0.296. The fraction of sp³-hybridized carbons (Fsp3) is 0.200. The van der Waals surface area contributed by atoms with Crippen LogP contribution in [0.15, 0.2) is 60.7 Å². The summed E-state index contributed by atoms with van der Waals surface area (Å²) in [5, 5.41) is 0.505. The molecule has 0 bridgehead atoms. The topological polar surface area (TPSA) is 69.2 Å². The van der Waals surface area contributed by atoms with E-state index in [2.05, 4.69) is 17.1 Å². The maximum atomic E-state index is 14.8. The van der Waals surface area contributed by atoms with E-state index in [9.17, 15) is 14.0 Å². The molecule has 7 heteroatoms. The van der Waals surface area contributed by atoms with Crippen molar-refractivity contribution >= 4 is 33.4 Å². The molecule has 160 valence electrons. The normalized spacial score (nSPS) is 14.3. The monoisotopic (exact) mass is 446 g/mol. The highest BCUT2D eigenvalue weighted by Crippen LogP contribution is 2.53. The minimum Gasteiger partial charge on any atom is -0.457 e. The lowest BCUT2D eigenvalue weighted by Crippen LogP contribution is -2.12. The van der Waals surface area contributed by atoms with Crippen molar-refractivity contribution in [2.45, 2.75) is 25.2 Å². The molecular formula is C25H19FN2O3S. The van der Waals surface area contributed by atoms with Crippen LogP contribution >= 0.6 is 11.3 Å². The van der Waals surface area contributed by atoms with Gasteiger partial charge in [0.15, 0.2) is 12.4 Å². The van der Waals surface area contributed by atoms with E-state index >= 15 is 0 Å². The molecule has 0 radical (unpaired) electrons. The first-order valence-electron chi connectivity index (χ1n) is 10.3. The zero-order valence-corrected chi connectivity index (χ0v) is 18.1. The molecule has 0 saturated heterocycles. The van der Waals surface area contributed by atoms with Gasteiger partial charge in [-0.3, -0.25) is 9.59 Å². The Kier molecular flexibility index (Phi) is 5.06. The van der Waals surface area contributed by atoms with E-state index in [4.69, 9.17) is 9.72 Å². The van der Waals surface area contributed by atoms with Gasteiger partial charge in [0.25, 0.3) is 0 Å². The molecule has 0 amide bonds. The average Bonchev–Trinajstić information content (AvgIpc) is 3.50. The molecule has 2 aromatic carbocycles. The first-order valence-corrected chi connectivity index (χ1v) is 11.1. The van der Waals surface area contributed by atoms with Gasteiger partial charge in [-0.1, -0.05) is 47.7 Å². The molecule has 0 aliphatic heterocycles. The Bertz CT molecular complexity index is 1350. The summed E-state index contributed by atoms with van der Waals surface area (Å²) in [7, 11) is 0. The number of thiazole rings is 1. The van der Waals surface area contributed by atoms with Gasteiger partial charge < -0.3 is 4.74 Å². The summed E-state index contributed by atoms with van der Waals surface area (Å²) in [5.41, 5.74) is 3.40. The van der Waals surface area contributed by atoms with Crippen molar-refractivity contribution in [1.82, 2.24) is 9.97 Å². The maximum absolute atomic E-state index is 14.8. The number of Topliss-reactive ketones (excluding diaryl/α,β-unsaturated/α-hetero) is 1. The molecule has 0 spiro atoms. The molecule has 1 fully saturated rings. The van der Waals surface area contributed by atoms with Crippen LogP contribution in [0.25, 0.3) is 20.9 Å². The lowest BCUT2D eigenvalue weighted by atomic mass is 9.92. The predicted molar refractivity (Wildman–Crippen MR) is 120 cm³/mol. The van der Waals surface area contributed by atoms with Crippen LogP contribution in [0.3, 0.4) is 0 Å². The minimum absolute atomic E-state index is 0.0468. The summed E-state index contributed by atoms with van der Waals surface area (Å²) >= 11 is 1.33. The summed E-state index contributed by atoms with van der Waals surface area (Å²) in [6, 6.07) is 18.5. The summed E-state index contributed by atoms with van der Waals surface area (Å²) in [4.78, 5) is 33.2. The Morgan fingerprint density at radius 3 is 2.53 bits per heavy atom. The molecule has 1 aliphatic rings. The third kappa shape index (κ3) is 3.69. The second-order valence-corrected chi connectivity index (χ2v) is 8.86. The summed E-state index contributed by atoms with van der Waals surface area (Å²) in [5.74, 6) is -1.57. The van der Waals surface area contributed by atoms with Crippen molar-refractivity contribution in [2.75, 3.05) is 6.61 Å². The van der Waals surface area contributed by atoms with Gasteiger partial charge in [0.05, 0.1) is 5.69 Å². The van der Waals surface area contributed by atoms with Gasteiger partial charge >= 0.3 is 5.97 Å². The van der Waals surface area contributed by atoms with E-state index in [1.807, 2.05) is 30.3 Å². The maximum Gasteiger partial charge on any atom is 0.303 e. The van der Waals surface area contributed by atoms with E-state index in [1.165, 1.54) is 36.0 Å². The van der Waals surface area contributed by atoms with E-state index in [0.717, 1.165) is 29.4 Å². The fourth-order valence-corrected chi connectivity index (χ4v) is 4.85. The predicted octanol–water partition coefficient (Wildman–Crippen LogP) is 5.32. The summed E-state index contributed by atoms with van der Waals surface area (Å²) in [6.07, 6.45) is 2.11. The first kappa shape index (κ1) is 20.5. The Morgan fingerprint density at radius 1 is 1.06 bits per heavy atom. The second-order valence-electron chi connectivity index (χ2n) is 7.89. The number of pyridine rings is 1. The van der Waals surface area contributed by atoms with Crippen molar-refractivity contribution in [2.24, 2.45) is 0 Å². The van der Waals surface area contributed by atoms with Crippen LogP contribution in [0.5, 0.6) is 0 Å². The number of esters is 1. The van der Waals surface area contributed by atoms with E-state index < -0.39 is 24.2 Å². The molecule has 0 atom stereocenters. The number of hydrogen-bond donors (Lipinski definition) is 0. The number of carbonyl (C=O) groups excluding carboxylic acids is 2. The first-order chi connectivity index (χ1) is 15.5. The molecule has 32 heavy (non-hydrogen) atoms. The molecule has 5 rings (SSSR count). The molecule has 1 saturated carbocycles. The number of ether oxygens (including phenoxy) is 1. The van der Waals surface area contributed by atoms with Gasteiger partial charge in [0, 0.05) is 23.5 Å². The van der Waals surface area contributed by atoms with Crippen molar-refractivity contribution in [3.8, 4) is 10.6 Å². The number of carbonyl (C=O) groups is 2. The second kappa shape index (κ2) is 7.91. The third-order valence-corrected chi connectivity index (χ3v) is 6.75. The fourth-order valence-electron chi connectivity index (χ4n) is 3.89. The van der Waals surface area contributed by atoms with Gasteiger partial charge in [0.1, 0.15) is 21.2 Å². The van der Waals surface area contributed by atoms with E-state index in [1.54, 1.807) is 0 Å². The zero-order chi connectivity index (χ0) is 22.3. The van der Waals surface area contributed by atoms with Gasteiger partial charge in [-0.25, -0.2) is 14.4 Å². The summed E-state index contributed by atoms with van der Waals surface area (Å²) in [6.45, 7) is 0.805. The SMILES string of the molecule is CC(=O)OCC(=O)c1ccc(-c2nc3ccc(C4(c5ccccc5)CC4)nc3s2)c(F)c1. The van der Waals surface area contributed by atoms with Crippen molar-refractivity contribution in [3.63, 3.8) is 0 Å². The van der Waals surface area contributed by atoms with Crippen LogP contribution in [-0.2, 0) is 14.9 Å². The van der Waals surface area contributed by atoms with Crippen LogP contribution < -0.4 is 0 Å². The zero-order valence-electron chi connectivity index (χ0n) is 17.3. The molecule has 2 heterocycles. The average molecular weight is 447 g/mol. The lowest BCUT2D eigenvalue weighted by molar-refractivity contribution is -0.139. The van der Waals surface area contributed by atoms with Crippen LogP contribution in [-0.4, -0.2) is 28.3 Å². The van der Waals surface area contributed by atoms with Crippen LogP contribution in [0.2, 0.25) is 0 Å². The Balaban J connectivity index is 1.45. The van der Waals surface area contributed by atoms with Gasteiger partial charge in [-0.15, -0.1) is 0 Å². The van der Waals surface area contributed by atoms with Crippen LogP contribution in [0.1, 0.15) is 41.4 Å². The number of benzene rings is 2. The molecular weight excluding hydrogens is 427 g/mol. The highest BCUT2D eigenvalue weighted by Gasteiger charge is 2.47. The molecule has 1 aliphatic carbocycles. The molecule has 4 aromatic rings. The largest absolute Gasteiger partial charge is 0.457 e. The number of ketones is 1. The Hall–Kier alpha value is -3.45. The molecule has 0 unspecified atom stereocenters. The highest BCUT2D eigenvalue weighted by atomic mass is 32.1.